The topological polar surface area (TPSA) is 46.1 Å². The number of ether oxygens (including phenoxy) is 2. The van der Waals surface area contributed by atoms with E-state index in [1.165, 1.54) is 24.3 Å². The lowest BCUT2D eigenvalue weighted by Crippen LogP contribution is -2.43. The fourth-order valence-corrected chi connectivity index (χ4v) is 3.75. The second kappa shape index (κ2) is 6.31. The molecule has 3 aliphatic rings. The van der Waals surface area contributed by atoms with Gasteiger partial charge in [0.2, 0.25) is 0 Å². The molecule has 140 valence electrons. The second-order valence-electron chi connectivity index (χ2n) is 8.56. The van der Waals surface area contributed by atoms with Crippen molar-refractivity contribution in [3.63, 3.8) is 0 Å². The summed E-state index contributed by atoms with van der Waals surface area (Å²) in [7, 11) is 3.35. The van der Waals surface area contributed by atoms with Crippen molar-refractivity contribution in [3.8, 4) is 11.5 Å². The van der Waals surface area contributed by atoms with Crippen LogP contribution < -0.4 is 14.9 Å². The highest BCUT2D eigenvalue weighted by Crippen LogP contribution is 2.41. The highest BCUT2D eigenvalue weighted by molar-refractivity contribution is 6.04. The Morgan fingerprint density at radius 1 is 1.12 bits per heavy atom. The van der Waals surface area contributed by atoms with Gasteiger partial charge < -0.3 is 9.47 Å². The Balaban J connectivity index is 1.72. The van der Waals surface area contributed by atoms with Gasteiger partial charge in [0.25, 0.3) is 0 Å². The zero-order chi connectivity index (χ0) is 18.5. The van der Waals surface area contributed by atoms with Crippen molar-refractivity contribution in [1.82, 2.24) is 10.4 Å². The Hall–Kier alpha value is -2.01. The molecule has 1 aromatic carbocycles. The van der Waals surface area contributed by atoms with Crippen molar-refractivity contribution in [3.05, 3.63) is 29.8 Å². The first kappa shape index (κ1) is 17.4. The van der Waals surface area contributed by atoms with Crippen molar-refractivity contribution in [2.24, 2.45) is 16.3 Å². The summed E-state index contributed by atoms with van der Waals surface area (Å²) in [6, 6.07) is 6.54. The maximum Gasteiger partial charge on any atom is 0.161 e. The van der Waals surface area contributed by atoms with E-state index >= 15 is 0 Å². The maximum atomic E-state index is 5.52. The minimum Gasteiger partial charge on any atom is -0.493 e. The highest BCUT2D eigenvalue weighted by Gasteiger charge is 2.42. The molecule has 26 heavy (non-hydrogen) atoms. The molecule has 0 bridgehead atoms. The van der Waals surface area contributed by atoms with Crippen LogP contribution in [0.2, 0.25) is 0 Å². The first-order valence-electron chi connectivity index (χ1n) is 9.48. The molecule has 1 saturated carbocycles. The van der Waals surface area contributed by atoms with Gasteiger partial charge in [0.15, 0.2) is 11.5 Å². The minimum atomic E-state index is 0.169. The van der Waals surface area contributed by atoms with Crippen molar-refractivity contribution < 1.29 is 9.47 Å². The summed E-state index contributed by atoms with van der Waals surface area (Å²) in [4.78, 5) is 5.07. The van der Waals surface area contributed by atoms with Gasteiger partial charge in [0.05, 0.1) is 19.9 Å². The molecule has 2 heterocycles. The van der Waals surface area contributed by atoms with E-state index in [0.717, 1.165) is 23.5 Å². The van der Waals surface area contributed by atoms with Crippen molar-refractivity contribution >= 4 is 11.4 Å². The fraction of sp³-hybridized carbons (Fsp3) is 0.571. The van der Waals surface area contributed by atoms with E-state index in [9.17, 15) is 0 Å². The fourth-order valence-electron chi connectivity index (χ4n) is 3.75. The van der Waals surface area contributed by atoms with Crippen LogP contribution in [0.5, 0.6) is 11.5 Å². The Morgan fingerprint density at radius 2 is 1.85 bits per heavy atom. The van der Waals surface area contributed by atoms with Gasteiger partial charge in [-0.2, -0.15) is 0 Å². The maximum absolute atomic E-state index is 5.52. The van der Waals surface area contributed by atoms with E-state index < -0.39 is 0 Å². The molecule has 2 aliphatic heterocycles. The summed E-state index contributed by atoms with van der Waals surface area (Å²) in [5, 5.41) is 2.25. The van der Waals surface area contributed by atoms with Gasteiger partial charge in [0, 0.05) is 29.7 Å². The first-order chi connectivity index (χ1) is 12.4. The zero-order valence-corrected chi connectivity index (χ0v) is 16.4. The van der Waals surface area contributed by atoms with Crippen molar-refractivity contribution in [2.45, 2.75) is 52.2 Å². The van der Waals surface area contributed by atoms with Gasteiger partial charge >= 0.3 is 0 Å². The summed E-state index contributed by atoms with van der Waals surface area (Å²) in [5.41, 5.74) is 7.47. The molecule has 5 heteroatoms. The number of methoxy groups -OCH3 is 2. The lowest BCUT2D eigenvalue weighted by atomic mass is 9.85. The van der Waals surface area contributed by atoms with E-state index in [0.29, 0.717) is 12.0 Å². The lowest BCUT2D eigenvalue weighted by molar-refractivity contribution is 0.227. The number of hydrogen-bond acceptors (Lipinski definition) is 5. The van der Waals surface area contributed by atoms with Gasteiger partial charge in [0.1, 0.15) is 6.17 Å². The quantitative estimate of drug-likeness (QED) is 0.891. The number of aliphatic imine (C=N–C) groups is 1. The van der Waals surface area contributed by atoms with Crippen LogP contribution in [0.4, 0.5) is 0 Å². The smallest absolute Gasteiger partial charge is 0.161 e. The average molecular weight is 355 g/mol. The number of rotatable bonds is 4. The van der Waals surface area contributed by atoms with Crippen LogP contribution in [-0.4, -0.2) is 37.1 Å². The Labute approximate surface area is 156 Å². The molecule has 2 unspecified atom stereocenters. The summed E-state index contributed by atoms with van der Waals surface area (Å²) in [6.45, 7) is 6.86. The summed E-state index contributed by atoms with van der Waals surface area (Å²) in [6.07, 6.45) is 5.98. The predicted octanol–water partition coefficient (Wildman–Crippen LogP) is 3.86. The third-order valence-electron chi connectivity index (χ3n) is 5.60. The van der Waals surface area contributed by atoms with Crippen molar-refractivity contribution in [1.29, 1.82) is 0 Å². The van der Waals surface area contributed by atoms with E-state index in [-0.39, 0.29) is 11.6 Å². The zero-order valence-electron chi connectivity index (χ0n) is 16.4. The van der Waals surface area contributed by atoms with Crippen LogP contribution in [0.15, 0.2) is 29.3 Å². The van der Waals surface area contributed by atoms with Gasteiger partial charge in [-0.1, -0.05) is 20.8 Å². The number of benzene rings is 1. The number of allylic oxidation sites excluding steroid dienone is 1. The molecule has 1 N–H and O–H groups in total. The number of nitrogens with one attached hydrogen (secondary N) is 1. The molecule has 0 spiro atoms. The molecule has 1 saturated heterocycles. The molecule has 1 aromatic rings. The first-order valence-corrected chi connectivity index (χ1v) is 9.48. The van der Waals surface area contributed by atoms with Crippen LogP contribution in [-0.2, 0) is 0 Å². The van der Waals surface area contributed by atoms with Gasteiger partial charge in [-0.3, -0.25) is 10.0 Å². The predicted molar refractivity (Wildman–Crippen MR) is 104 cm³/mol. The van der Waals surface area contributed by atoms with Gasteiger partial charge in [-0.25, -0.2) is 5.43 Å². The van der Waals surface area contributed by atoms with Gasteiger partial charge in [-0.15, -0.1) is 0 Å². The van der Waals surface area contributed by atoms with E-state index in [1.54, 1.807) is 14.2 Å². The summed E-state index contributed by atoms with van der Waals surface area (Å²) in [5.74, 6) is 2.15. The third-order valence-corrected chi connectivity index (χ3v) is 5.60. The Kier molecular flexibility index (Phi) is 4.22. The van der Waals surface area contributed by atoms with Crippen LogP contribution >= 0.6 is 0 Å². The molecular weight excluding hydrogens is 326 g/mol. The molecule has 2 atom stereocenters. The lowest BCUT2D eigenvalue weighted by Gasteiger charge is -2.32. The normalized spacial score (nSPS) is 25.5. The average Bonchev–Trinajstić information content (AvgIpc) is 3.37. The van der Waals surface area contributed by atoms with Crippen LogP contribution in [0.3, 0.4) is 0 Å². The monoisotopic (exact) mass is 355 g/mol. The van der Waals surface area contributed by atoms with Gasteiger partial charge in [-0.05, 0) is 42.5 Å². The number of fused-ring (bicyclic) bond motifs is 1. The molecular formula is C21H29N3O2. The SMILES string of the molecule is COc1ccc(C2=CC(C3CC3)=NC3CC(C(C)(C)C)NN23)cc1OC. The third kappa shape index (κ3) is 3.09. The highest BCUT2D eigenvalue weighted by atomic mass is 16.5. The van der Waals surface area contributed by atoms with Crippen molar-refractivity contribution in [2.75, 3.05) is 14.2 Å². The molecule has 4 rings (SSSR count). The largest absolute Gasteiger partial charge is 0.493 e. The molecule has 2 fully saturated rings. The number of nitrogens with zero attached hydrogens (tertiary/aromatic N) is 2. The molecule has 0 aromatic heterocycles. The van der Waals surface area contributed by atoms with E-state index in [4.69, 9.17) is 14.5 Å². The second-order valence-corrected chi connectivity index (χ2v) is 8.56. The summed E-state index contributed by atoms with van der Waals surface area (Å²) >= 11 is 0. The van der Waals surface area contributed by atoms with E-state index in [2.05, 4.69) is 49.4 Å². The number of hydrazine groups is 1. The Morgan fingerprint density at radius 3 is 2.46 bits per heavy atom. The molecule has 5 nitrogen and oxygen atoms in total. The van der Waals surface area contributed by atoms with Crippen LogP contribution in [0.1, 0.15) is 45.6 Å². The molecule has 1 aliphatic carbocycles. The van der Waals surface area contributed by atoms with E-state index in [1.807, 2.05) is 6.07 Å². The molecule has 0 amide bonds. The minimum absolute atomic E-state index is 0.169. The summed E-state index contributed by atoms with van der Waals surface area (Å²) < 4.78 is 10.9. The van der Waals surface area contributed by atoms with Crippen LogP contribution in [0.25, 0.3) is 5.70 Å². The van der Waals surface area contributed by atoms with Crippen LogP contribution in [0, 0.1) is 11.3 Å². The number of hydrogen-bond donors (Lipinski definition) is 1. The Bertz CT molecular complexity index is 759. The standard InChI is InChI=1S/C21H29N3O2/c1-21(2,3)19-12-20-22-15(13-6-7-13)11-16(24(20)23-19)14-8-9-17(25-4)18(10-14)26-5/h8-11,13,19-20,23H,6-7,12H2,1-5H3. The molecule has 0 radical (unpaired) electrons.